The first kappa shape index (κ1) is 21.3. The molecule has 0 N–H and O–H groups in total. The van der Waals surface area contributed by atoms with E-state index in [0.717, 1.165) is 46.9 Å². The van der Waals surface area contributed by atoms with Crippen LogP contribution in [-0.2, 0) is 0 Å². The van der Waals surface area contributed by atoms with E-state index in [0.29, 0.717) is 18.7 Å². The molecule has 1 aromatic heterocycles. The molecule has 0 aliphatic rings. The highest BCUT2D eigenvalue weighted by molar-refractivity contribution is 7.22. The lowest BCUT2D eigenvalue weighted by Gasteiger charge is -2.22. The molecule has 0 saturated carbocycles. The molecule has 0 unspecified atom stereocenters. The van der Waals surface area contributed by atoms with E-state index < -0.39 is 0 Å². The Labute approximate surface area is 176 Å². The molecule has 1 heterocycles. The van der Waals surface area contributed by atoms with Crippen LogP contribution in [0.2, 0.25) is 0 Å². The average molecular weight is 412 g/mol. The predicted octanol–water partition coefficient (Wildman–Crippen LogP) is 5.07. The minimum Gasteiger partial charge on any atom is -0.494 e. The first-order valence-electron chi connectivity index (χ1n) is 10.1. The number of unbranched alkanes of at least 4 members (excludes halogenated alkanes) is 2. The number of likely N-dealkylation sites (N-methyl/N-ethyl adjacent to an activating group) is 1. The highest BCUT2D eigenvalue weighted by Gasteiger charge is 2.21. The number of hydrogen-bond donors (Lipinski definition) is 0. The number of ether oxygens (including phenoxy) is 1. The summed E-state index contributed by atoms with van der Waals surface area (Å²) < 4.78 is 6.92. The van der Waals surface area contributed by atoms with Crippen LogP contribution in [0.15, 0.2) is 48.5 Å². The molecule has 6 heteroatoms. The molecule has 5 nitrogen and oxygen atoms in total. The van der Waals surface area contributed by atoms with E-state index in [2.05, 4.69) is 11.8 Å². The van der Waals surface area contributed by atoms with Gasteiger partial charge in [-0.25, -0.2) is 4.98 Å². The van der Waals surface area contributed by atoms with Gasteiger partial charge in [-0.05, 0) is 50.8 Å². The zero-order chi connectivity index (χ0) is 20.6. The van der Waals surface area contributed by atoms with E-state index in [1.807, 2.05) is 62.6 Å². The summed E-state index contributed by atoms with van der Waals surface area (Å²) in [7, 11) is 4.01. The van der Waals surface area contributed by atoms with Crippen LogP contribution in [0.4, 0.5) is 5.13 Å². The van der Waals surface area contributed by atoms with E-state index in [1.54, 1.807) is 16.2 Å². The zero-order valence-corrected chi connectivity index (χ0v) is 18.2. The molecule has 1 amide bonds. The van der Waals surface area contributed by atoms with Gasteiger partial charge in [0, 0.05) is 18.7 Å². The molecule has 0 fully saturated rings. The van der Waals surface area contributed by atoms with Gasteiger partial charge < -0.3 is 9.64 Å². The number of fused-ring (bicyclic) bond motifs is 1. The largest absolute Gasteiger partial charge is 0.494 e. The summed E-state index contributed by atoms with van der Waals surface area (Å²) in [6.07, 6.45) is 3.33. The Balaban J connectivity index is 1.82. The topological polar surface area (TPSA) is 45.7 Å². The Morgan fingerprint density at radius 3 is 2.66 bits per heavy atom. The van der Waals surface area contributed by atoms with Crippen LogP contribution in [0.3, 0.4) is 0 Å². The summed E-state index contributed by atoms with van der Waals surface area (Å²) in [6, 6.07) is 15.5. The van der Waals surface area contributed by atoms with E-state index in [1.165, 1.54) is 0 Å². The number of para-hydroxylation sites is 1. The van der Waals surface area contributed by atoms with Crippen molar-refractivity contribution in [1.82, 2.24) is 9.88 Å². The summed E-state index contributed by atoms with van der Waals surface area (Å²) in [5, 5.41) is 0.729. The number of aromatic nitrogens is 1. The standard InChI is InChI=1S/C23H29N3O2S/c1-4-5-8-16-28-19-11-9-10-18(17-19)22(27)26(15-14-25(2)3)23-24-20-12-6-7-13-21(20)29-23/h6-7,9-13,17H,4-5,8,14-16H2,1-3H3. The predicted molar refractivity (Wildman–Crippen MR) is 121 cm³/mol. The van der Waals surface area contributed by atoms with E-state index in [-0.39, 0.29) is 5.91 Å². The van der Waals surface area contributed by atoms with Crippen molar-refractivity contribution in [3.05, 3.63) is 54.1 Å². The van der Waals surface area contributed by atoms with Gasteiger partial charge in [0.05, 0.1) is 16.8 Å². The number of benzene rings is 2. The Morgan fingerprint density at radius 1 is 1.07 bits per heavy atom. The summed E-state index contributed by atoms with van der Waals surface area (Å²) in [5.74, 6) is 0.689. The number of carbonyl (C=O) groups is 1. The molecule has 0 bridgehead atoms. The highest BCUT2D eigenvalue weighted by Crippen LogP contribution is 2.30. The van der Waals surface area contributed by atoms with Crippen molar-refractivity contribution in [3.63, 3.8) is 0 Å². The maximum atomic E-state index is 13.4. The van der Waals surface area contributed by atoms with Crippen LogP contribution in [-0.4, -0.2) is 49.6 Å². The Hall–Kier alpha value is -2.44. The second-order valence-corrected chi connectivity index (χ2v) is 8.32. The monoisotopic (exact) mass is 411 g/mol. The van der Waals surface area contributed by atoms with Crippen molar-refractivity contribution in [2.75, 3.05) is 38.7 Å². The van der Waals surface area contributed by atoms with Crippen LogP contribution in [0.1, 0.15) is 36.5 Å². The molecule has 0 saturated heterocycles. The second kappa shape index (κ2) is 10.4. The highest BCUT2D eigenvalue weighted by atomic mass is 32.1. The number of thiazole rings is 1. The number of hydrogen-bond acceptors (Lipinski definition) is 5. The third kappa shape index (κ3) is 5.78. The number of amides is 1. The summed E-state index contributed by atoms with van der Waals surface area (Å²) >= 11 is 1.55. The summed E-state index contributed by atoms with van der Waals surface area (Å²) in [4.78, 5) is 21.9. The Morgan fingerprint density at radius 2 is 1.90 bits per heavy atom. The van der Waals surface area contributed by atoms with Crippen LogP contribution in [0.25, 0.3) is 10.2 Å². The second-order valence-electron chi connectivity index (χ2n) is 7.31. The minimum absolute atomic E-state index is 0.0510. The van der Waals surface area contributed by atoms with Gasteiger partial charge in [-0.1, -0.05) is 49.3 Å². The van der Waals surface area contributed by atoms with Crippen LogP contribution < -0.4 is 9.64 Å². The smallest absolute Gasteiger partial charge is 0.260 e. The molecule has 0 radical (unpaired) electrons. The number of carbonyl (C=O) groups excluding carboxylic acids is 1. The first-order valence-corrected chi connectivity index (χ1v) is 10.9. The number of anilines is 1. The minimum atomic E-state index is -0.0510. The summed E-state index contributed by atoms with van der Waals surface area (Å²) in [5.41, 5.74) is 1.54. The molecule has 0 spiro atoms. The third-order valence-electron chi connectivity index (χ3n) is 4.63. The molecule has 154 valence electrons. The van der Waals surface area contributed by atoms with E-state index in [9.17, 15) is 4.79 Å². The van der Waals surface area contributed by atoms with Crippen LogP contribution in [0, 0.1) is 0 Å². The molecule has 3 rings (SSSR count). The lowest BCUT2D eigenvalue weighted by molar-refractivity contribution is 0.0984. The van der Waals surface area contributed by atoms with Crippen molar-refractivity contribution in [1.29, 1.82) is 0 Å². The van der Waals surface area contributed by atoms with Crippen molar-refractivity contribution < 1.29 is 9.53 Å². The fourth-order valence-corrected chi connectivity index (χ4v) is 3.97. The van der Waals surface area contributed by atoms with Crippen molar-refractivity contribution in [3.8, 4) is 5.75 Å². The fraction of sp³-hybridized carbons (Fsp3) is 0.391. The van der Waals surface area contributed by atoms with Gasteiger partial charge >= 0.3 is 0 Å². The number of rotatable bonds is 10. The maximum Gasteiger partial charge on any atom is 0.260 e. The fourth-order valence-electron chi connectivity index (χ4n) is 2.98. The van der Waals surface area contributed by atoms with Crippen LogP contribution >= 0.6 is 11.3 Å². The van der Waals surface area contributed by atoms with Gasteiger partial charge in [0.2, 0.25) is 0 Å². The quantitative estimate of drug-likeness (QED) is 0.437. The Bertz CT molecular complexity index is 906. The normalized spacial score (nSPS) is 11.2. The first-order chi connectivity index (χ1) is 14.1. The van der Waals surface area contributed by atoms with Gasteiger partial charge in [-0.15, -0.1) is 0 Å². The molecule has 29 heavy (non-hydrogen) atoms. The van der Waals surface area contributed by atoms with Gasteiger partial charge in [0.25, 0.3) is 5.91 Å². The summed E-state index contributed by atoms with van der Waals surface area (Å²) in [6.45, 7) is 4.18. The molecular formula is C23H29N3O2S. The Kier molecular flexibility index (Phi) is 7.61. The van der Waals surface area contributed by atoms with Crippen molar-refractivity contribution >= 4 is 32.6 Å². The van der Waals surface area contributed by atoms with E-state index in [4.69, 9.17) is 9.72 Å². The van der Waals surface area contributed by atoms with E-state index >= 15 is 0 Å². The SMILES string of the molecule is CCCCCOc1cccc(C(=O)N(CCN(C)C)c2nc3ccccc3s2)c1. The average Bonchev–Trinajstić information content (AvgIpc) is 3.15. The zero-order valence-electron chi connectivity index (χ0n) is 17.4. The maximum absolute atomic E-state index is 13.4. The molecular weight excluding hydrogens is 382 g/mol. The van der Waals surface area contributed by atoms with Gasteiger partial charge in [0.15, 0.2) is 5.13 Å². The molecule has 3 aromatic rings. The van der Waals surface area contributed by atoms with Crippen molar-refractivity contribution in [2.45, 2.75) is 26.2 Å². The third-order valence-corrected chi connectivity index (χ3v) is 5.69. The molecule has 0 atom stereocenters. The number of nitrogens with zero attached hydrogens (tertiary/aromatic N) is 3. The van der Waals surface area contributed by atoms with Gasteiger partial charge in [0.1, 0.15) is 5.75 Å². The van der Waals surface area contributed by atoms with Crippen molar-refractivity contribution in [2.24, 2.45) is 0 Å². The van der Waals surface area contributed by atoms with Crippen LogP contribution in [0.5, 0.6) is 5.75 Å². The van der Waals surface area contributed by atoms with Gasteiger partial charge in [-0.3, -0.25) is 9.69 Å². The molecule has 0 aliphatic heterocycles. The molecule has 0 aliphatic carbocycles. The van der Waals surface area contributed by atoms with Gasteiger partial charge in [-0.2, -0.15) is 0 Å². The molecule has 2 aromatic carbocycles. The lowest BCUT2D eigenvalue weighted by Crippen LogP contribution is -2.36. The lowest BCUT2D eigenvalue weighted by atomic mass is 10.2.